The molecule has 0 aromatic heterocycles. The van der Waals surface area contributed by atoms with Gasteiger partial charge in [-0.05, 0) is 35.8 Å². The number of nitrogens with two attached hydrogens (primary N) is 1. The van der Waals surface area contributed by atoms with Gasteiger partial charge in [0.05, 0.1) is 0 Å². The van der Waals surface area contributed by atoms with Gasteiger partial charge in [-0.2, -0.15) is 0 Å². The van der Waals surface area contributed by atoms with E-state index in [2.05, 4.69) is 45.0 Å². The molecule has 82 valence electrons. The topological polar surface area (TPSA) is 26.0 Å². The third-order valence-electron chi connectivity index (χ3n) is 4.01. The minimum atomic E-state index is -0.108. The molecule has 1 aliphatic carbocycles. The van der Waals surface area contributed by atoms with Crippen LogP contribution in [-0.2, 0) is 5.54 Å². The molecule has 0 saturated heterocycles. The van der Waals surface area contributed by atoms with Gasteiger partial charge in [-0.15, -0.1) is 0 Å². The fraction of sp³-hybridized carbons (Fsp3) is 0.571. The number of fused-ring (bicyclic) bond motifs is 1. The summed E-state index contributed by atoms with van der Waals surface area (Å²) in [5, 5.41) is 0. The van der Waals surface area contributed by atoms with Gasteiger partial charge in [-0.1, -0.05) is 45.0 Å². The van der Waals surface area contributed by atoms with Crippen molar-refractivity contribution in [2.24, 2.45) is 11.7 Å². The molecule has 1 nitrogen and oxygen atoms in total. The normalized spacial score (nSPS) is 30.3. The smallest absolute Gasteiger partial charge is 0.0435 e. The second-order valence-corrected chi connectivity index (χ2v) is 5.22. The predicted octanol–water partition coefficient (Wildman–Crippen LogP) is 3.39. The van der Waals surface area contributed by atoms with Gasteiger partial charge in [0.2, 0.25) is 0 Å². The van der Waals surface area contributed by atoms with E-state index in [0.29, 0.717) is 11.8 Å². The van der Waals surface area contributed by atoms with Crippen LogP contribution in [0, 0.1) is 5.92 Å². The Morgan fingerprint density at radius 3 is 2.67 bits per heavy atom. The molecule has 2 unspecified atom stereocenters. The largest absolute Gasteiger partial charge is 0.321 e. The van der Waals surface area contributed by atoms with Crippen LogP contribution in [-0.4, -0.2) is 0 Å². The van der Waals surface area contributed by atoms with Gasteiger partial charge < -0.3 is 5.73 Å². The lowest BCUT2D eigenvalue weighted by Gasteiger charge is -2.41. The van der Waals surface area contributed by atoms with E-state index in [0.717, 1.165) is 6.42 Å². The summed E-state index contributed by atoms with van der Waals surface area (Å²) in [6.07, 6.45) is 2.33. The minimum absolute atomic E-state index is 0.108. The van der Waals surface area contributed by atoms with Crippen molar-refractivity contribution in [1.29, 1.82) is 0 Å². The van der Waals surface area contributed by atoms with Crippen LogP contribution in [0.5, 0.6) is 0 Å². The van der Waals surface area contributed by atoms with Crippen molar-refractivity contribution >= 4 is 0 Å². The lowest BCUT2D eigenvalue weighted by Crippen LogP contribution is -2.45. The van der Waals surface area contributed by atoms with Crippen LogP contribution in [0.2, 0.25) is 0 Å². The number of hydrogen-bond donors (Lipinski definition) is 1. The highest BCUT2D eigenvalue weighted by Gasteiger charge is 2.37. The van der Waals surface area contributed by atoms with Crippen LogP contribution in [0.15, 0.2) is 24.3 Å². The summed E-state index contributed by atoms with van der Waals surface area (Å²) in [5.41, 5.74) is 9.30. The van der Waals surface area contributed by atoms with Gasteiger partial charge in [0.15, 0.2) is 0 Å². The van der Waals surface area contributed by atoms with E-state index in [-0.39, 0.29) is 5.54 Å². The van der Waals surface area contributed by atoms with Crippen LogP contribution in [0.4, 0.5) is 0 Å². The maximum atomic E-state index is 6.58. The zero-order valence-corrected chi connectivity index (χ0v) is 9.96. The third kappa shape index (κ3) is 1.59. The second-order valence-electron chi connectivity index (χ2n) is 5.22. The maximum absolute atomic E-state index is 6.58. The first-order valence-corrected chi connectivity index (χ1v) is 5.94. The van der Waals surface area contributed by atoms with Crippen molar-refractivity contribution in [3.05, 3.63) is 35.4 Å². The fourth-order valence-corrected chi connectivity index (χ4v) is 2.70. The summed E-state index contributed by atoms with van der Waals surface area (Å²) < 4.78 is 0. The quantitative estimate of drug-likeness (QED) is 0.744. The molecule has 0 heterocycles. The average molecular weight is 203 g/mol. The van der Waals surface area contributed by atoms with Crippen LogP contribution in [0.25, 0.3) is 0 Å². The number of hydrogen-bond acceptors (Lipinski definition) is 1. The van der Waals surface area contributed by atoms with E-state index in [1.165, 1.54) is 17.5 Å². The molecule has 0 bridgehead atoms. The Labute approximate surface area is 92.7 Å². The highest BCUT2D eigenvalue weighted by molar-refractivity contribution is 5.38. The highest BCUT2D eigenvalue weighted by Crippen LogP contribution is 2.43. The molecule has 0 aliphatic heterocycles. The summed E-state index contributed by atoms with van der Waals surface area (Å²) in [7, 11) is 0. The second kappa shape index (κ2) is 3.64. The monoisotopic (exact) mass is 203 g/mol. The lowest BCUT2D eigenvalue weighted by atomic mass is 9.68. The van der Waals surface area contributed by atoms with Gasteiger partial charge >= 0.3 is 0 Å². The van der Waals surface area contributed by atoms with E-state index in [1.807, 2.05) is 0 Å². The van der Waals surface area contributed by atoms with Crippen molar-refractivity contribution in [2.45, 2.75) is 45.1 Å². The average Bonchev–Trinajstić information content (AvgIpc) is 2.24. The van der Waals surface area contributed by atoms with E-state index in [4.69, 9.17) is 5.73 Å². The fourth-order valence-electron chi connectivity index (χ4n) is 2.70. The van der Waals surface area contributed by atoms with E-state index in [9.17, 15) is 0 Å². The first kappa shape index (κ1) is 10.7. The summed E-state index contributed by atoms with van der Waals surface area (Å²) in [5.74, 6) is 1.17. The molecule has 15 heavy (non-hydrogen) atoms. The Hall–Kier alpha value is -0.820. The van der Waals surface area contributed by atoms with Gasteiger partial charge in [0.1, 0.15) is 0 Å². The van der Waals surface area contributed by atoms with Gasteiger partial charge in [0, 0.05) is 5.54 Å². The molecule has 1 aromatic carbocycles. The van der Waals surface area contributed by atoms with Crippen LogP contribution in [0.3, 0.4) is 0 Å². The highest BCUT2D eigenvalue weighted by atomic mass is 14.8. The van der Waals surface area contributed by atoms with Crippen LogP contribution >= 0.6 is 0 Å². The SMILES string of the molecule is CC1CCC(N)(C(C)C)c2ccccc21. The molecule has 2 N–H and O–H groups in total. The van der Waals surface area contributed by atoms with Crippen molar-refractivity contribution in [3.63, 3.8) is 0 Å². The van der Waals surface area contributed by atoms with Crippen LogP contribution < -0.4 is 5.73 Å². The zero-order valence-electron chi connectivity index (χ0n) is 9.96. The molecule has 0 spiro atoms. The Kier molecular flexibility index (Phi) is 2.59. The van der Waals surface area contributed by atoms with Gasteiger partial charge in [-0.25, -0.2) is 0 Å². The number of benzene rings is 1. The van der Waals surface area contributed by atoms with Crippen molar-refractivity contribution in [1.82, 2.24) is 0 Å². The number of rotatable bonds is 1. The molecule has 0 radical (unpaired) electrons. The molecule has 0 saturated carbocycles. The first-order chi connectivity index (χ1) is 7.05. The Morgan fingerprint density at radius 1 is 1.33 bits per heavy atom. The molecular formula is C14H21N. The van der Waals surface area contributed by atoms with Crippen molar-refractivity contribution < 1.29 is 0 Å². The van der Waals surface area contributed by atoms with Crippen molar-refractivity contribution in [2.75, 3.05) is 0 Å². The first-order valence-electron chi connectivity index (χ1n) is 5.94. The lowest BCUT2D eigenvalue weighted by molar-refractivity contribution is 0.260. The third-order valence-corrected chi connectivity index (χ3v) is 4.01. The molecule has 1 aliphatic rings. The van der Waals surface area contributed by atoms with E-state index < -0.39 is 0 Å². The van der Waals surface area contributed by atoms with E-state index in [1.54, 1.807) is 0 Å². The Morgan fingerprint density at radius 2 is 2.00 bits per heavy atom. The summed E-state index contributed by atoms with van der Waals surface area (Å²) >= 11 is 0. The summed E-state index contributed by atoms with van der Waals surface area (Å²) in [4.78, 5) is 0. The zero-order chi connectivity index (χ0) is 11.1. The molecule has 2 atom stereocenters. The molecular weight excluding hydrogens is 182 g/mol. The Balaban J connectivity index is 2.53. The maximum Gasteiger partial charge on any atom is 0.0435 e. The summed E-state index contributed by atoms with van der Waals surface area (Å²) in [6.45, 7) is 6.76. The predicted molar refractivity (Wildman–Crippen MR) is 64.8 cm³/mol. The van der Waals surface area contributed by atoms with Crippen molar-refractivity contribution in [3.8, 4) is 0 Å². The molecule has 2 rings (SSSR count). The van der Waals surface area contributed by atoms with E-state index >= 15 is 0 Å². The summed E-state index contributed by atoms with van der Waals surface area (Å²) in [6, 6.07) is 8.69. The molecule has 1 aromatic rings. The Bertz CT molecular complexity index is 356. The molecule has 0 fully saturated rings. The molecule has 1 heteroatoms. The van der Waals surface area contributed by atoms with Crippen LogP contribution in [0.1, 0.15) is 50.7 Å². The van der Waals surface area contributed by atoms with Gasteiger partial charge in [-0.3, -0.25) is 0 Å². The molecule has 0 amide bonds. The minimum Gasteiger partial charge on any atom is -0.321 e. The van der Waals surface area contributed by atoms with Gasteiger partial charge in [0.25, 0.3) is 0 Å². The standard InChI is InChI=1S/C14H21N/c1-10(2)14(15)9-8-11(3)12-6-4-5-7-13(12)14/h4-7,10-11H,8-9,15H2,1-3H3.